The van der Waals surface area contributed by atoms with Crippen LogP contribution in [0.15, 0.2) is 30.6 Å². The topological polar surface area (TPSA) is 160 Å². The van der Waals surface area contributed by atoms with E-state index in [1.807, 2.05) is 59.3 Å². The summed E-state index contributed by atoms with van der Waals surface area (Å²) < 4.78 is 20.8. The molecule has 0 saturated heterocycles. The van der Waals surface area contributed by atoms with Gasteiger partial charge in [-0.1, -0.05) is 0 Å². The molecule has 0 bridgehead atoms. The number of nitrogens with one attached hydrogen (secondary N) is 2. The van der Waals surface area contributed by atoms with Gasteiger partial charge < -0.3 is 44.4 Å². The monoisotopic (exact) mass is 667 g/mol. The third-order valence-electron chi connectivity index (χ3n) is 7.34. The molecule has 2 aromatic heterocycles. The fourth-order valence-corrected chi connectivity index (χ4v) is 5.14. The van der Waals surface area contributed by atoms with Gasteiger partial charge in [0.1, 0.15) is 30.8 Å². The Morgan fingerprint density at radius 3 is 2.56 bits per heavy atom. The zero-order chi connectivity index (χ0) is 35.3. The summed E-state index contributed by atoms with van der Waals surface area (Å²) in [5.74, 6) is 1.01. The number of anilines is 5. The highest BCUT2D eigenvalue weighted by Crippen LogP contribution is 2.39. The minimum absolute atomic E-state index is 0.170. The van der Waals surface area contributed by atoms with Crippen LogP contribution >= 0.6 is 0 Å². The zero-order valence-corrected chi connectivity index (χ0v) is 29.3. The Morgan fingerprint density at radius 1 is 1.12 bits per heavy atom. The van der Waals surface area contributed by atoms with Crippen LogP contribution in [0.2, 0.25) is 0 Å². The highest BCUT2D eigenvalue weighted by atomic mass is 16.6. The summed E-state index contributed by atoms with van der Waals surface area (Å²) in [6, 6.07) is 6.12. The lowest BCUT2D eigenvalue weighted by molar-refractivity contribution is -0.112. The Labute approximate surface area is 282 Å². The van der Waals surface area contributed by atoms with Crippen LogP contribution in [0.5, 0.6) is 5.88 Å². The predicted octanol–water partition coefficient (Wildman–Crippen LogP) is 4.43. The fraction of sp³-hybridized carbons (Fsp3) is 0.500. The second-order valence-electron chi connectivity index (χ2n) is 11.9. The summed E-state index contributed by atoms with van der Waals surface area (Å²) in [5.41, 5.74) is 7.21. The lowest BCUT2D eigenvalue weighted by Gasteiger charge is -2.35. The largest absolute Gasteiger partial charge is 0.474 e. The van der Waals surface area contributed by atoms with Crippen LogP contribution in [0, 0.1) is 13.8 Å². The van der Waals surface area contributed by atoms with Crippen molar-refractivity contribution in [3.63, 3.8) is 0 Å². The zero-order valence-electron chi connectivity index (χ0n) is 29.3. The minimum atomic E-state index is -0.593. The molecular formula is C34H49N7O7. The van der Waals surface area contributed by atoms with Gasteiger partial charge in [-0.15, -0.1) is 0 Å². The van der Waals surface area contributed by atoms with Gasteiger partial charge in [0.2, 0.25) is 11.8 Å². The third-order valence-corrected chi connectivity index (χ3v) is 7.34. The van der Waals surface area contributed by atoms with E-state index in [1.54, 1.807) is 12.0 Å². The number of fused-ring (bicyclic) bond motifs is 2. The molecule has 0 unspecified atom stereocenters. The third kappa shape index (κ3) is 10.2. The van der Waals surface area contributed by atoms with Gasteiger partial charge in [-0.25, -0.2) is 19.7 Å². The van der Waals surface area contributed by atoms with Crippen LogP contribution in [0.3, 0.4) is 0 Å². The lowest BCUT2D eigenvalue weighted by Crippen LogP contribution is -2.42. The van der Waals surface area contributed by atoms with E-state index in [4.69, 9.17) is 24.3 Å². The number of aryl methyl sites for hydroxylation is 1. The minimum Gasteiger partial charge on any atom is -0.474 e. The van der Waals surface area contributed by atoms with Crippen LogP contribution in [-0.2, 0) is 32.0 Å². The van der Waals surface area contributed by atoms with E-state index < -0.39 is 11.7 Å². The molecule has 0 atom stereocenters. The van der Waals surface area contributed by atoms with Gasteiger partial charge in [-0.3, -0.25) is 4.90 Å². The van der Waals surface area contributed by atoms with Crippen LogP contribution in [0.25, 0.3) is 0 Å². The molecule has 48 heavy (non-hydrogen) atoms. The first kappa shape index (κ1) is 37.9. The first-order valence-electron chi connectivity index (χ1n) is 15.8. The molecule has 5 rings (SSSR count). The molecule has 0 radical (unpaired) electrons. The second kappa shape index (κ2) is 18.1. The molecular weight excluding hydrogens is 618 g/mol. The van der Waals surface area contributed by atoms with Gasteiger partial charge in [0.05, 0.1) is 43.9 Å². The second-order valence-corrected chi connectivity index (χ2v) is 11.9. The average Bonchev–Trinajstić information content (AvgIpc) is 3.07. The van der Waals surface area contributed by atoms with Crippen LogP contribution in [0.1, 0.15) is 43.2 Å². The summed E-state index contributed by atoms with van der Waals surface area (Å²) in [5, 5.41) is 13.5. The fourth-order valence-electron chi connectivity index (χ4n) is 5.14. The summed E-state index contributed by atoms with van der Waals surface area (Å²) >= 11 is 0. The van der Waals surface area contributed by atoms with Crippen molar-refractivity contribution in [2.45, 2.75) is 53.2 Å². The average molecular weight is 668 g/mol. The summed E-state index contributed by atoms with van der Waals surface area (Å²) in [6.07, 6.45) is 4.87. The number of aliphatic hydroxyl groups is 1. The number of hydrogen-bond donors (Lipinski definition) is 3. The van der Waals surface area contributed by atoms with Crippen molar-refractivity contribution in [3.05, 3.63) is 53.0 Å². The highest BCUT2D eigenvalue weighted by molar-refractivity contribution is 5.92. The molecule has 3 aromatic rings. The number of aromatic nitrogens is 3. The van der Waals surface area contributed by atoms with Crippen molar-refractivity contribution in [2.24, 2.45) is 0 Å². The van der Waals surface area contributed by atoms with E-state index in [2.05, 4.69) is 43.2 Å². The van der Waals surface area contributed by atoms with Crippen LogP contribution < -0.4 is 25.2 Å². The number of aldehydes is 1. The number of hydrogen-bond acceptors (Lipinski definition) is 13. The van der Waals surface area contributed by atoms with Gasteiger partial charge in [-0.2, -0.15) is 0 Å². The lowest BCUT2D eigenvalue weighted by atomic mass is 10.0. The van der Waals surface area contributed by atoms with Gasteiger partial charge in [-0.05, 0) is 70.4 Å². The molecule has 0 aliphatic carbocycles. The molecule has 262 valence electrons. The van der Waals surface area contributed by atoms with Gasteiger partial charge >= 0.3 is 6.09 Å². The standard InChI is InChI=1S/C28H35N7O3.C5H10O3.CH4O/c1-17-13-20(7-8-21(17)29-6)32-26-31-14-19-9-10-34(16-22(19)33-26)23-15-30-25-24(18(23)2)35(11-12-37-25)27(36)38-28(3,4)5;1-7-4-5-8-3-2-6;1-2/h7-8,13-15,29H,9-12,16H2,1-6H3,(H,31,32,33);2H,3-5H2,1H3;2H,1H3. The van der Waals surface area contributed by atoms with E-state index in [0.29, 0.717) is 50.4 Å². The number of methoxy groups -OCH3 is 1. The van der Waals surface area contributed by atoms with Gasteiger partial charge in [0.15, 0.2) is 0 Å². The van der Waals surface area contributed by atoms with Crippen molar-refractivity contribution in [1.29, 1.82) is 0 Å². The van der Waals surface area contributed by atoms with E-state index in [0.717, 1.165) is 65.8 Å². The number of benzene rings is 1. The van der Waals surface area contributed by atoms with Gasteiger partial charge in [0.25, 0.3) is 0 Å². The van der Waals surface area contributed by atoms with Crippen molar-refractivity contribution >= 4 is 41.1 Å². The Balaban J connectivity index is 0.000000550. The maximum Gasteiger partial charge on any atom is 0.415 e. The maximum absolute atomic E-state index is 13.0. The molecule has 2 aliphatic rings. The SMILES string of the molecule is CNc1ccc(Nc2ncc3c(n2)CN(c2cnc4c(c2C)N(C(=O)OC(C)(C)C)CCO4)CC3)cc1C.CO.COCCOCC=O. The number of rotatable bonds is 9. The number of carbonyl (C=O) groups is 2. The smallest absolute Gasteiger partial charge is 0.415 e. The quantitative estimate of drug-likeness (QED) is 0.217. The molecule has 14 heteroatoms. The molecule has 4 heterocycles. The number of aliphatic hydroxyl groups excluding tert-OH is 1. The van der Waals surface area contributed by atoms with E-state index in [1.165, 1.54) is 0 Å². The van der Waals surface area contributed by atoms with Crippen LogP contribution in [0.4, 0.5) is 33.5 Å². The first-order chi connectivity index (χ1) is 23.0. The normalized spacial score (nSPS) is 13.4. The Bertz CT molecular complexity index is 1510. The molecule has 0 spiro atoms. The van der Waals surface area contributed by atoms with E-state index >= 15 is 0 Å². The van der Waals surface area contributed by atoms with E-state index in [-0.39, 0.29) is 6.61 Å². The Hall–Kier alpha value is -4.53. The van der Waals surface area contributed by atoms with Crippen molar-refractivity contribution < 1.29 is 33.6 Å². The molecule has 3 N–H and O–H groups in total. The Morgan fingerprint density at radius 2 is 1.90 bits per heavy atom. The Kier molecular flexibility index (Phi) is 14.3. The number of pyridine rings is 1. The van der Waals surface area contributed by atoms with Gasteiger partial charge in [0, 0.05) is 50.9 Å². The molecule has 0 fully saturated rings. The predicted molar refractivity (Wildman–Crippen MR) is 186 cm³/mol. The van der Waals surface area contributed by atoms with Crippen molar-refractivity contribution in [3.8, 4) is 5.88 Å². The first-order valence-corrected chi connectivity index (χ1v) is 15.8. The summed E-state index contributed by atoms with van der Waals surface area (Å²) in [6.45, 7) is 13.1. The molecule has 0 saturated carbocycles. The molecule has 14 nitrogen and oxygen atoms in total. The molecule has 2 aliphatic heterocycles. The number of ether oxygens (including phenoxy) is 4. The number of carbonyl (C=O) groups excluding carboxylic acids is 2. The highest BCUT2D eigenvalue weighted by Gasteiger charge is 2.32. The maximum atomic E-state index is 13.0. The summed E-state index contributed by atoms with van der Waals surface area (Å²) in [4.78, 5) is 40.5. The number of nitrogens with zero attached hydrogens (tertiary/aromatic N) is 5. The van der Waals surface area contributed by atoms with Crippen LogP contribution in [-0.4, -0.2) is 98.8 Å². The molecule has 1 amide bonds. The van der Waals surface area contributed by atoms with E-state index in [9.17, 15) is 9.59 Å². The number of amides is 1. The molecule has 1 aromatic carbocycles. The van der Waals surface area contributed by atoms with Crippen molar-refractivity contribution in [2.75, 3.05) is 81.2 Å². The van der Waals surface area contributed by atoms with Crippen molar-refractivity contribution in [1.82, 2.24) is 15.0 Å². The summed E-state index contributed by atoms with van der Waals surface area (Å²) in [7, 11) is 4.50.